The van der Waals surface area contributed by atoms with E-state index in [4.69, 9.17) is 58.6 Å². The molecular weight excluding hydrogens is 434 g/mol. The van der Waals surface area contributed by atoms with Crippen molar-refractivity contribution in [2.45, 2.75) is 6.54 Å². The van der Waals surface area contributed by atoms with Crippen molar-refractivity contribution in [3.63, 3.8) is 0 Å². The zero-order valence-electron chi connectivity index (χ0n) is 13.1. The Kier molecular flexibility index (Phi) is 6.27. The highest BCUT2D eigenvalue weighted by Gasteiger charge is 2.11. The predicted molar refractivity (Wildman–Crippen MR) is 114 cm³/mol. The third-order valence-electron chi connectivity index (χ3n) is 3.42. The molecule has 0 amide bonds. The van der Waals surface area contributed by atoms with Gasteiger partial charge in [-0.1, -0.05) is 64.6 Å². The molecule has 0 unspecified atom stereocenters. The van der Waals surface area contributed by atoms with E-state index < -0.39 is 0 Å². The molecule has 0 saturated heterocycles. The summed E-state index contributed by atoms with van der Waals surface area (Å²) in [6.45, 7) is 0.487. The Morgan fingerprint density at radius 1 is 0.962 bits per heavy atom. The minimum absolute atomic E-state index is 0.291. The van der Waals surface area contributed by atoms with Crippen LogP contribution in [0.2, 0.25) is 20.1 Å². The first-order valence-electron chi connectivity index (χ1n) is 7.42. The number of thiocarbonyl (C=S) groups is 1. The van der Waals surface area contributed by atoms with Crippen molar-refractivity contribution in [3.8, 4) is 0 Å². The van der Waals surface area contributed by atoms with E-state index in [0.29, 0.717) is 43.3 Å². The Hall–Kier alpha value is -1.50. The van der Waals surface area contributed by atoms with Gasteiger partial charge in [0.15, 0.2) is 10.9 Å². The Balaban J connectivity index is 1.70. The molecule has 134 valence electrons. The number of nitrogens with zero attached hydrogens (tertiary/aromatic N) is 2. The minimum Gasteiger partial charge on any atom is -0.331 e. The number of halogens is 4. The van der Waals surface area contributed by atoms with Gasteiger partial charge in [-0.05, 0) is 42.0 Å². The lowest BCUT2D eigenvalue weighted by atomic mass is 10.2. The number of nitrogens with one attached hydrogen (secondary N) is 2. The second-order valence-corrected chi connectivity index (χ2v) is 7.38. The fourth-order valence-electron chi connectivity index (χ4n) is 2.22. The van der Waals surface area contributed by atoms with Crippen LogP contribution in [0, 0.1) is 0 Å². The number of rotatable bonds is 4. The minimum atomic E-state index is 0.291. The summed E-state index contributed by atoms with van der Waals surface area (Å²) in [5, 5.41) is 12.7. The maximum atomic E-state index is 6.24. The second kappa shape index (κ2) is 8.46. The number of aromatic nitrogens is 2. The fraction of sp³-hybridized carbons (Fsp3) is 0.0588. The first kappa shape index (κ1) is 19.3. The molecule has 0 spiro atoms. The van der Waals surface area contributed by atoms with E-state index in [1.165, 1.54) is 0 Å². The average molecular weight is 446 g/mol. The van der Waals surface area contributed by atoms with Crippen molar-refractivity contribution < 1.29 is 0 Å². The van der Waals surface area contributed by atoms with Crippen LogP contribution in [0.1, 0.15) is 5.56 Å². The van der Waals surface area contributed by atoms with Gasteiger partial charge in [0.1, 0.15) is 5.02 Å². The van der Waals surface area contributed by atoms with Gasteiger partial charge >= 0.3 is 0 Å². The van der Waals surface area contributed by atoms with Gasteiger partial charge in [0.25, 0.3) is 0 Å². The van der Waals surface area contributed by atoms with E-state index in [1.54, 1.807) is 29.1 Å². The number of hydrogen-bond acceptors (Lipinski definition) is 2. The lowest BCUT2D eigenvalue weighted by Crippen LogP contribution is -2.20. The summed E-state index contributed by atoms with van der Waals surface area (Å²) in [6.07, 6.45) is 1.70. The van der Waals surface area contributed by atoms with Crippen LogP contribution in [-0.4, -0.2) is 14.9 Å². The Morgan fingerprint density at radius 3 is 2.50 bits per heavy atom. The van der Waals surface area contributed by atoms with Crippen LogP contribution < -0.4 is 10.6 Å². The van der Waals surface area contributed by atoms with Crippen molar-refractivity contribution in [2.24, 2.45) is 0 Å². The number of anilines is 2. The summed E-state index contributed by atoms with van der Waals surface area (Å²) < 4.78 is 1.68. The van der Waals surface area contributed by atoms with Gasteiger partial charge in [0.05, 0.1) is 17.3 Å². The standard InChI is InChI=1S/C17H12Cl4N4S/c18-11-5-6-13(20)15(7-11)22-17(26)23-16-14(21)9-25(24-16)8-10-3-1-2-4-12(10)19/h1-7,9H,8H2,(H2,22,23,24,26). The largest absolute Gasteiger partial charge is 0.331 e. The quantitative estimate of drug-likeness (QED) is 0.458. The van der Waals surface area contributed by atoms with Crippen molar-refractivity contribution in [1.29, 1.82) is 0 Å². The van der Waals surface area contributed by atoms with Crippen LogP contribution in [0.25, 0.3) is 0 Å². The van der Waals surface area contributed by atoms with Crippen LogP contribution in [-0.2, 0) is 6.54 Å². The first-order chi connectivity index (χ1) is 12.4. The molecule has 1 aromatic heterocycles. The normalized spacial score (nSPS) is 10.6. The zero-order valence-corrected chi connectivity index (χ0v) is 17.0. The van der Waals surface area contributed by atoms with Crippen LogP contribution in [0.3, 0.4) is 0 Å². The summed E-state index contributed by atoms with van der Waals surface area (Å²) >= 11 is 29.8. The highest BCUT2D eigenvalue weighted by Crippen LogP contribution is 2.26. The van der Waals surface area contributed by atoms with Crippen LogP contribution in [0.5, 0.6) is 0 Å². The molecule has 26 heavy (non-hydrogen) atoms. The van der Waals surface area contributed by atoms with Gasteiger partial charge in [-0.3, -0.25) is 4.68 Å². The van der Waals surface area contributed by atoms with Crippen molar-refractivity contribution in [3.05, 3.63) is 74.3 Å². The average Bonchev–Trinajstić information content (AvgIpc) is 2.92. The van der Waals surface area contributed by atoms with Gasteiger partial charge in [-0.25, -0.2) is 0 Å². The summed E-state index contributed by atoms with van der Waals surface area (Å²) in [4.78, 5) is 0. The third-order valence-corrected chi connectivity index (χ3v) is 4.83. The van der Waals surface area contributed by atoms with Gasteiger partial charge in [0, 0.05) is 16.2 Å². The van der Waals surface area contributed by atoms with E-state index in [2.05, 4.69) is 15.7 Å². The van der Waals surface area contributed by atoms with Crippen LogP contribution >= 0.6 is 58.6 Å². The van der Waals surface area contributed by atoms with Crippen LogP contribution in [0.15, 0.2) is 48.7 Å². The van der Waals surface area contributed by atoms with E-state index in [-0.39, 0.29) is 0 Å². The molecule has 0 bridgehead atoms. The molecule has 0 aliphatic heterocycles. The number of benzene rings is 2. The SMILES string of the molecule is S=C(Nc1cc(Cl)ccc1Cl)Nc1nn(Cc2ccccc2Cl)cc1Cl. The van der Waals surface area contributed by atoms with Gasteiger partial charge in [0.2, 0.25) is 0 Å². The molecule has 1 heterocycles. The molecule has 0 atom stereocenters. The van der Waals surface area contributed by atoms with E-state index in [0.717, 1.165) is 5.56 Å². The van der Waals surface area contributed by atoms with Gasteiger partial charge in [-0.15, -0.1) is 0 Å². The fourth-order valence-corrected chi connectivity index (χ4v) is 3.16. The zero-order chi connectivity index (χ0) is 18.7. The molecule has 3 aromatic rings. The van der Waals surface area contributed by atoms with Gasteiger partial charge < -0.3 is 10.6 Å². The molecule has 0 saturated carbocycles. The highest BCUT2D eigenvalue weighted by atomic mass is 35.5. The topological polar surface area (TPSA) is 41.9 Å². The molecule has 3 rings (SSSR count). The van der Waals surface area contributed by atoms with E-state index in [1.807, 2.05) is 24.3 Å². The molecule has 9 heteroatoms. The molecule has 0 fully saturated rings. The Labute approximate surface area is 176 Å². The summed E-state index contributed by atoms with van der Waals surface area (Å²) in [5.41, 5.74) is 1.52. The predicted octanol–water partition coefficient (Wildman–Crippen LogP) is 6.35. The molecule has 0 aliphatic carbocycles. The second-order valence-electron chi connectivity index (χ2n) is 5.32. The summed E-state index contributed by atoms with van der Waals surface area (Å²) in [6, 6.07) is 12.6. The third kappa shape index (κ3) is 4.81. The summed E-state index contributed by atoms with van der Waals surface area (Å²) in [5.74, 6) is 0.425. The first-order valence-corrected chi connectivity index (χ1v) is 9.34. The lowest BCUT2D eigenvalue weighted by Gasteiger charge is -2.10. The van der Waals surface area contributed by atoms with Crippen molar-refractivity contribution >= 4 is 75.2 Å². The van der Waals surface area contributed by atoms with E-state index >= 15 is 0 Å². The molecular formula is C17H12Cl4N4S. The molecule has 2 aromatic carbocycles. The summed E-state index contributed by atoms with van der Waals surface area (Å²) in [7, 11) is 0. The maximum absolute atomic E-state index is 6.24. The van der Waals surface area contributed by atoms with Gasteiger partial charge in [-0.2, -0.15) is 5.10 Å². The molecule has 0 radical (unpaired) electrons. The highest BCUT2D eigenvalue weighted by molar-refractivity contribution is 7.80. The maximum Gasteiger partial charge on any atom is 0.176 e. The molecule has 4 nitrogen and oxygen atoms in total. The van der Waals surface area contributed by atoms with Crippen molar-refractivity contribution in [1.82, 2.24) is 9.78 Å². The Morgan fingerprint density at radius 2 is 1.73 bits per heavy atom. The number of hydrogen-bond donors (Lipinski definition) is 2. The monoisotopic (exact) mass is 444 g/mol. The van der Waals surface area contributed by atoms with Crippen LogP contribution in [0.4, 0.5) is 11.5 Å². The Bertz CT molecular complexity index is 958. The lowest BCUT2D eigenvalue weighted by molar-refractivity contribution is 0.690. The molecule has 2 N–H and O–H groups in total. The van der Waals surface area contributed by atoms with E-state index in [9.17, 15) is 0 Å². The van der Waals surface area contributed by atoms with Crippen molar-refractivity contribution in [2.75, 3.05) is 10.6 Å². The smallest absolute Gasteiger partial charge is 0.176 e. The molecule has 0 aliphatic rings.